The maximum Gasteiger partial charge on any atom is 0.303 e. The van der Waals surface area contributed by atoms with Crippen molar-refractivity contribution >= 4 is 11.9 Å². The molecule has 6 heteroatoms. The lowest BCUT2D eigenvalue weighted by atomic mass is 10.1. The third kappa shape index (κ3) is 3.18. The number of nitrogens with one attached hydrogen (secondary N) is 1. The summed E-state index contributed by atoms with van der Waals surface area (Å²) in [6, 6.07) is 8.00. The lowest BCUT2D eigenvalue weighted by molar-refractivity contribution is -0.137. The maximum atomic E-state index is 12.4. The zero-order valence-corrected chi connectivity index (χ0v) is 13.7. The van der Waals surface area contributed by atoms with Crippen molar-refractivity contribution < 1.29 is 14.7 Å². The van der Waals surface area contributed by atoms with Crippen LogP contribution in [0.1, 0.15) is 46.6 Å². The first kappa shape index (κ1) is 16.2. The van der Waals surface area contributed by atoms with Crippen LogP contribution < -0.4 is 5.32 Å². The number of hydrogen-bond acceptors (Lipinski definition) is 3. The van der Waals surface area contributed by atoms with Crippen molar-refractivity contribution in [2.75, 3.05) is 6.54 Å². The minimum atomic E-state index is -0.853. The molecule has 0 atom stereocenters. The van der Waals surface area contributed by atoms with Gasteiger partial charge in [-0.3, -0.25) is 9.59 Å². The summed E-state index contributed by atoms with van der Waals surface area (Å²) in [6.07, 6.45) is 3.28. The van der Waals surface area contributed by atoms with E-state index < -0.39 is 5.97 Å². The van der Waals surface area contributed by atoms with Gasteiger partial charge in [0.2, 0.25) is 0 Å². The minimum Gasteiger partial charge on any atom is -0.481 e. The molecule has 0 bridgehead atoms. The molecule has 2 aromatic rings. The first-order chi connectivity index (χ1) is 11.6. The Morgan fingerprint density at radius 2 is 2.08 bits per heavy atom. The number of benzene rings is 1. The Morgan fingerprint density at radius 1 is 1.29 bits per heavy atom. The average Bonchev–Trinajstić information content (AvgIpc) is 3.14. The molecule has 3 rings (SSSR count). The fourth-order valence-electron chi connectivity index (χ4n) is 3.15. The third-order valence-electron chi connectivity index (χ3n) is 4.34. The Kier molecular flexibility index (Phi) is 4.64. The van der Waals surface area contributed by atoms with Crippen molar-refractivity contribution in [1.82, 2.24) is 15.1 Å². The summed E-state index contributed by atoms with van der Waals surface area (Å²) in [5.41, 5.74) is 4.72. The summed E-state index contributed by atoms with van der Waals surface area (Å²) in [4.78, 5) is 23.0. The summed E-state index contributed by atoms with van der Waals surface area (Å²) < 4.78 is 1.89. The van der Waals surface area contributed by atoms with Gasteiger partial charge in [0.1, 0.15) is 0 Å². The van der Waals surface area contributed by atoms with Crippen molar-refractivity contribution in [3.05, 3.63) is 46.8 Å². The topological polar surface area (TPSA) is 84.2 Å². The summed E-state index contributed by atoms with van der Waals surface area (Å²) in [5, 5.41) is 16.0. The van der Waals surface area contributed by atoms with Crippen molar-refractivity contribution in [3.8, 4) is 5.69 Å². The lowest BCUT2D eigenvalue weighted by Gasteiger charge is -2.08. The lowest BCUT2D eigenvalue weighted by Crippen LogP contribution is -2.26. The highest BCUT2D eigenvalue weighted by Crippen LogP contribution is 2.28. The number of para-hydroxylation sites is 1. The molecule has 126 valence electrons. The fraction of sp³-hybridized carbons (Fsp3) is 0.389. The van der Waals surface area contributed by atoms with Crippen molar-refractivity contribution in [2.45, 2.75) is 39.0 Å². The van der Waals surface area contributed by atoms with Gasteiger partial charge in [0.15, 0.2) is 5.69 Å². The molecule has 1 aliphatic rings. The van der Waals surface area contributed by atoms with Crippen LogP contribution in [-0.4, -0.2) is 33.3 Å². The quantitative estimate of drug-likeness (QED) is 0.797. The number of carbonyl (C=O) groups is 2. The van der Waals surface area contributed by atoms with Crippen molar-refractivity contribution in [2.24, 2.45) is 0 Å². The van der Waals surface area contributed by atoms with Crippen LogP contribution >= 0.6 is 0 Å². The molecule has 0 unspecified atom stereocenters. The number of hydrogen-bond donors (Lipinski definition) is 2. The monoisotopic (exact) mass is 327 g/mol. The number of carbonyl (C=O) groups excluding carboxylic acids is 1. The molecule has 0 aliphatic heterocycles. The smallest absolute Gasteiger partial charge is 0.303 e. The van der Waals surface area contributed by atoms with Crippen molar-refractivity contribution in [3.63, 3.8) is 0 Å². The van der Waals surface area contributed by atoms with E-state index in [2.05, 4.69) is 10.4 Å². The van der Waals surface area contributed by atoms with Gasteiger partial charge in [-0.25, -0.2) is 4.68 Å². The number of fused-ring (bicyclic) bond motifs is 1. The van der Waals surface area contributed by atoms with E-state index in [9.17, 15) is 9.59 Å². The van der Waals surface area contributed by atoms with Gasteiger partial charge in [-0.2, -0.15) is 5.10 Å². The number of carboxylic acids is 1. The van der Waals surface area contributed by atoms with Crippen molar-refractivity contribution in [1.29, 1.82) is 0 Å². The number of aromatic nitrogens is 2. The average molecular weight is 327 g/mol. The first-order valence-corrected chi connectivity index (χ1v) is 8.24. The minimum absolute atomic E-state index is 0.0516. The number of rotatable bonds is 6. The highest BCUT2D eigenvalue weighted by molar-refractivity contribution is 5.94. The summed E-state index contributed by atoms with van der Waals surface area (Å²) in [7, 11) is 0. The first-order valence-electron chi connectivity index (χ1n) is 8.24. The van der Waals surface area contributed by atoms with Crippen LogP contribution in [0.3, 0.4) is 0 Å². The van der Waals surface area contributed by atoms with Crippen LogP contribution in [-0.2, 0) is 17.6 Å². The van der Waals surface area contributed by atoms with Crippen LogP contribution in [0.5, 0.6) is 0 Å². The molecule has 0 fully saturated rings. The predicted octanol–water partition coefficient (Wildman–Crippen LogP) is 2.26. The molecule has 0 saturated heterocycles. The molecule has 0 saturated carbocycles. The van der Waals surface area contributed by atoms with Crippen LogP contribution in [0.4, 0.5) is 0 Å². The molecule has 1 aliphatic carbocycles. The van der Waals surface area contributed by atoms with E-state index in [4.69, 9.17) is 5.11 Å². The molecule has 0 spiro atoms. The highest BCUT2D eigenvalue weighted by atomic mass is 16.4. The predicted molar refractivity (Wildman–Crippen MR) is 89.5 cm³/mol. The number of nitrogens with zero attached hydrogens (tertiary/aromatic N) is 2. The maximum absolute atomic E-state index is 12.4. The SMILES string of the molecule is Cc1ccccc1-n1nc(C(=O)NCCCC(=O)O)c2c1CCC2. The van der Waals surface area contributed by atoms with E-state index in [0.29, 0.717) is 18.7 Å². The van der Waals surface area contributed by atoms with Gasteiger partial charge in [0, 0.05) is 24.2 Å². The summed E-state index contributed by atoms with van der Waals surface area (Å²) in [5.74, 6) is -1.07. The molecule has 1 aromatic carbocycles. The normalized spacial score (nSPS) is 12.9. The Bertz CT molecular complexity index is 780. The highest BCUT2D eigenvalue weighted by Gasteiger charge is 2.27. The molecule has 1 amide bonds. The summed E-state index contributed by atoms with van der Waals surface area (Å²) in [6.45, 7) is 2.38. The molecule has 1 aromatic heterocycles. The van der Waals surface area contributed by atoms with Gasteiger partial charge in [0.05, 0.1) is 5.69 Å². The number of carboxylic acid groups (broad SMARTS) is 1. The molecule has 0 radical (unpaired) electrons. The van der Waals surface area contributed by atoms with Gasteiger partial charge in [-0.1, -0.05) is 18.2 Å². The van der Waals surface area contributed by atoms with Crippen LogP contribution in [0, 0.1) is 6.92 Å². The largest absolute Gasteiger partial charge is 0.481 e. The van der Waals surface area contributed by atoms with Gasteiger partial charge < -0.3 is 10.4 Å². The second-order valence-corrected chi connectivity index (χ2v) is 6.08. The molecular weight excluding hydrogens is 306 g/mol. The van der Waals surface area contributed by atoms with Gasteiger partial charge in [0.25, 0.3) is 5.91 Å². The Balaban J connectivity index is 1.83. The molecule has 6 nitrogen and oxygen atoms in total. The molecule has 2 N–H and O–H groups in total. The zero-order valence-electron chi connectivity index (χ0n) is 13.7. The van der Waals surface area contributed by atoms with E-state index in [0.717, 1.165) is 41.8 Å². The van der Waals surface area contributed by atoms with Gasteiger partial charge in [-0.15, -0.1) is 0 Å². The van der Waals surface area contributed by atoms with Crippen LogP contribution in [0.25, 0.3) is 5.69 Å². The fourth-order valence-corrected chi connectivity index (χ4v) is 3.15. The van der Waals surface area contributed by atoms with E-state index in [1.54, 1.807) is 0 Å². The Morgan fingerprint density at radius 3 is 2.83 bits per heavy atom. The van der Waals surface area contributed by atoms with E-state index in [1.165, 1.54) is 0 Å². The summed E-state index contributed by atoms with van der Waals surface area (Å²) >= 11 is 0. The van der Waals surface area contributed by atoms with Crippen LogP contribution in [0.2, 0.25) is 0 Å². The van der Waals surface area contributed by atoms with Crippen LogP contribution in [0.15, 0.2) is 24.3 Å². The number of aryl methyl sites for hydroxylation is 1. The Labute approximate surface area is 140 Å². The standard InChI is InChI=1S/C18H21N3O3/c1-12-6-2-3-8-14(12)21-15-9-4-7-13(15)17(20-21)18(24)19-11-5-10-16(22)23/h2-3,6,8H,4-5,7,9-11H2,1H3,(H,19,24)(H,22,23). The van der Waals surface area contributed by atoms with E-state index in [-0.39, 0.29) is 12.3 Å². The molecular formula is C18H21N3O3. The molecule has 24 heavy (non-hydrogen) atoms. The Hall–Kier alpha value is -2.63. The van der Waals surface area contributed by atoms with E-state index in [1.807, 2.05) is 35.9 Å². The van der Waals surface area contributed by atoms with E-state index >= 15 is 0 Å². The molecule has 1 heterocycles. The second kappa shape index (κ2) is 6.86. The van der Waals surface area contributed by atoms with Gasteiger partial charge in [-0.05, 0) is 44.2 Å². The number of aliphatic carboxylic acids is 1. The zero-order chi connectivity index (χ0) is 17.1. The number of amides is 1. The second-order valence-electron chi connectivity index (χ2n) is 6.08. The van der Waals surface area contributed by atoms with Gasteiger partial charge >= 0.3 is 5.97 Å². The third-order valence-corrected chi connectivity index (χ3v) is 4.34.